The van der Waals surface area contributed by atoms with Crippen LogP contribution in [0.5, 0.6) is 0 Å². The molecule has 0 spiro atoms. The van der Waals surface area contributed by atoms with Crippen molar-refractivity contribution in [3.8, 4) is 0 Å². The zero-order valence-corrected chi connectivity index (χ0v) is 10.5. The van der Waals surface area contributed by atoms with Gasteiger partial charge in [0.1, 0.15) is 5.82 Å². The molecule has 2 unspecified atom stereocenters. The number of alkyl halides is 1. The molecule has 1 saturated heterocycles. The molecule has 17 heavy (non-hydrogen) atoms. The summed E-state index contributed by atoms with van der Waals surface area (Å²) in [5.41, 5.74) is 0.954. The number of rotatable bonds is 3. The Hall–Kier alpha value is -1.09. The predicted molar refractivity (Wildman–Crippen MR) is 65.4 cm³/mol. The second-order valence-corrected chi connectivity index (χ2v) is 4.81. The predicted octanol–water partition coefficient (Wildman–Crippen LogP) is 2.97. The van der Waals surface area contributed by atoms with Gasteiger partial charge in [0.25, 0.3) is 0 Å². The third-order valence-electron chi connectivity index (χ3n) is 3.28. The Morgan fingerprint density at radius 1 is 1.47 bits per heavy atom. The van der Waals surface area contributed by atoms with Gasteiger partial charge in [-0.1, -0.05) is 12.1 Å². The minimum Gasteiger partial charge on any atom is -0.336 e. The van der Waals surface area contributed by atoms with Crippen molar-refractivity contribution in [3.05, 3.63) is 35.6 Å². The summed E-state index contributed by atoms with van der Waals surface area (Å²) in [7, 11) is 0. The summed E-state index contributed by atoms with van der Waals surface area (Å²) < 4.78 is 12.8. The van der Waals surface area contributed by atoms with Crippen LogP contribution in [0.25, 0.3) is 0 Å². The van der Waals surface area contributed by atoms with Gasteiger partial charge in [0.05, 0.1) is 6.04 Å². The number of hydrogen-bond acceptors (Lipinski definition) is 1. The second kappa shape index (κ2) is 5.05. The summed E-state index contributed by atoms with van der Waals surface area (Å²) in [5.74, 6) is 0.630. The average molecular weight is 256 g/mol. The lowest BCUT2D eigenvalue weighted by molar-refractivity contribution is -0.129. The lowest BCUT2D eigenvalue weighted by Crippen LogP contribution is -2.28. The van der Waals surface area contributed by atoms with Crippen LogP contribution in [0.1, 0.15) is 24.9 Å². The van der Waals surface area contributed by atoms with E-state index in [0.717, 1.165) is 5.56 Å². The van der Waals surface area contributed by atoms with E-state index >= 15 is 0 Å². The van der Waals surface area contributed by atoms with Crippen LogP contribution in [0.15, 0.2) is 24.3 Å². The molecule has 1 aliphatic rings. The minimum atomic E-state index is -0.257. The number of hydrogen-bond donors (Lipinski definition) is 0. The number of carbonyl (C=O) groups is 1. The van der Waals surface area contributed by atoms with Gasteiger partial charge in [-0.15, -0.1) is 11.6 Å². The van der Waals surface area contributed by atoms with Crippen LogP contribution in [0, 0.1) is 11.7 Å². The van der Waals surface area contributed by atoms with Crippen molar-refractivity contribution in [2.45, 2.75) is 19.4 Å². The molecule has 0 bridgehead atoms. The van der Waals surface area contributed by atoms with Crippen molar-refractivity contribution in [1.29, 1.82) is 0 Å². The lowest BCUT2D eigenvalue weighted by atomic mass is 10.1. The van der Waals surface area contributed by atoms with Gasteiger partial charge in [0.15, 0.2) is 0 Å². The molecule has 2 atom stereocenters. The summed E-state index contributed by atoms with van der Waals surface area (Å²) >= 11 is 5.78. The first-order valence-corrected chi connectivity index (χ1v) is 6.26. The van der Waals surface area contributed by atoms with Gasteiger partial charge >= 0.3 is 0 Å². The molecule has 1 amide bonds. The summed E-state index contributed by atoms with van der Waals surface area (Å²) in [6, 6.07) is 6.27. The maximum atomic E-state index is 12.8. The Kier molecular flexibility index (Phi) is 3.67. The maximum Gasteiger partial charge on any atom is 0.223 e. The topological polar surface area (TPSA) is 20.3 Å². The van der Waals surface area contributed by atoms with E-state index in [9.17, 15) is 9.18 Å². The molecule has 0 aliphatic carbocycles. The molecule has 0 saturated carbocycles. The molecule has 0 N–H and O–H groups in total. The smallest absolute Gasteiger partial charge is 0.223 e. The Balaban J connectivity index is 2.12. The Bertz CT molecular complexity index is 406. The van der Waals surface area contributed by atoms with Gasteiger partial charge in [-0.05, 0) is 30.5 Å². The second-order valence-electron chi connectivity index (χ2n) is 4.50. The highest BCUT2D eigenvalue weighted by Gasteiger charge is 2.32. The van der Waals surface area contributed by atoms with E-state index in [1.54, 1.807) is 12.1 Å². The molecule has 2 rings (SSSR count). The maximum absolute atomic E-state index is 12.8. The molecule has 0 aromatic heterocycles. The highest BCUT2D eigenvalue weighted by atomic mass is 35.5. The van der Waals surface area contributed by atoms with E-state index in [4.69, 9.17) is 11.6 Å². The zero-order valence-electron chi connectivity index (χ0n) is 9.70. The molecule has 0 radical (unpaired) electrons. The van der Waals surface area contributed by atoms with E-state index in [-0.39, 0.29) is 23.7 Å². The first kappa shape index (κ1) is 12.4. The number of amides is 1. The van der Waals surface area contributed by atoms with Gasteiger partial charge in [-0.25, -0.2) is 4.39 Å². The minimum absolute atomic E-state index is 0.0173. The van der Waals surface area contributed by atoms with Crippen LogP contribution in [0.3, 0.4) is 0 Å². The van der Waals surface area contributed by atoms with E-state index in [1.807, 2.05) is 11.8 Å². The molecule has 1 heterocycles. The molecule has 1 aromatic carbocycles. The van der Waals surface area contributed by atoms with Crippen LogP contribution >= 0.6 is 11.6 Å². The molecule has 1 fully saturated rings. The van der Waals surface area contributed by atoms with Crippen LogP contribution < -0.4 is 0 Å². The highest BCUT2D eigenvalue weighted by molar-refractivity contribution is 6.18. The Morgan fingerprint density at radius 2 is 2.12 bits per heavy atom. The molecule has 92 valence electrons. The highest BCUT2D eigenvalue weighted by Crippen LogP contribution is 2.28. The molecular weight excluding hydrogens is 241 g/mol. The lowest BCUT2D eigenvalue weighted by Gasteiger charge is -2.25. The Labute approximate surface area is 105 Å². The number of halogens is 2. The van der Waals surface area contributed by atoms with Crippen molar-refractivity contribution in [2.75, 3.05) is 12.4 Å². The first-order valence-electron chi connectivity index (χ1n) is 5.72. The normalized spacial score (nSPS) is 21.9. The Morgan fingerprint density at radius 3 is 2.65 bits per heavy atom. The van der Waals surface area contributed by atoms with Crippen molar-refractivity contribution in [3.63, 3.8) is 0 Å². The number of nitrogens with zero attached hydrogens (tertiary/aromatic N) is 1. The molecule has 2 nitrogen and oxygen atoms in total. The number of benzene rings is 1. The monoisotopic (exact) mass is 255 g/mol. The fourth-order valence-corrected chi connectivity index (χ4v) is 2.41. The van der Waals surface area contributed by atoms with Crippen molar-refractivity contribution in [2.24, 2.45) is 5.92 Å². The van der Waals surface area contributed by atoms with Gasteiger partial charge < -0.3 is 4.90 Å². The standard InChI is InChI=1S/C13H15ClFNO/c1-9(11-2-4-12(15)5-3-11)16-8-10(7-14)6-13(16)17/h2-5,9-10H,6-8H2,1H3. The van der Waals surface area contributed by atoms with Gasteiger partial charge in [0, 0.05) is 18.8 Å². The van der Waals surface area contributed by atoms with Crippen LogP contribution in [0.4, 0.5) is 4.39 Å². The summed E-state index contributed by atoms with van der Waals surface area (Å²) in [4.78, 5) is 13.6. The third kappa shape index (κ3) is 2.60. The van der Waals surface area contributed by atoms with E-state index in [2.05, 4.69) is 0 Å². The summed E-state index contributed by atoms with van der Waals surface area (Å²) in [6.45, 7) is 2.66. The molecular formula is C13H15ClFNO. The van der Waals surface area contributed by atoms with E-state index in [0.29, 0.717) is 18.8 Å². The fourth-order valence-electron chi connectivity index (χ4n) is 2.21. The fraction of sp³-hybridized carbons (Fsp3) is 0.462. The van der Waals surface area contributed by atoms with Crippen molar-refractivity contribution >= 4 is 17.5 Å². The quantitative estimate of drug-likeness (QED) is 0.761. The summed E-state index contributed by atoms with van der Waals surface area (Å²) in [5, 5.41) is 0. The number of likely N-dealkylation sites (tertiary alicyclic amines) is 1. The SMILES string of the molecule is CC(c1ccc(F)cc1)N1CC(CCl)CC1=O. The van der Waals surface area contributed by atoms with Crippen molar-refractivity contribution < 1.29 is 9.18 Å². The largest absolute Gasteiger partial charge is 0.336 e. The van der Waals surface area contributed by atoms with Gasteiger partial charge in [-0.2, -0.15) is 0 Å². The van der Waals surface area contributed by atoms with Crippen LogP contribution in [-0.2, 0) is 4.79 Å². The van der Waals surface area contributed by atoms with Crippen LogP contribution in [-0.4, -0.2) is 23.2 Å². The van der Waals surface area contributed by atoms with E-state index < -0.39 is 0 Å². The molecule has 1 aromatic rings. The van der Waals surface area contributed by atoms with Gasteiger partial charge in [0.2, 0.25) is 5.91 Å². The van der Waals surface area contributed by atoms with Crippen molar-refractivity contribution in [1.82, 2.24) is 4.90 Å². The average Bonchev–Trinajstić information content (AvgIpc) is 2.71. The van der Waals surface area contributed by atoms with Gasteiger partial charge in [-0.3, -0.25) is 4.79 Å². The summed E-state index contributed by atoms with van der Waals surface area (Å²) in [6.07, 6.45) is 0.523. The molecule has 4 heteroatoms. The number of carbonyl (C=O) groups excluding carboxylic acids is 1. The van der Waals surface area contributed by atoms with E-state index in [1.165, 1.54) is 12.1 Å². The first-order chi connectivity index (χ1) is 8.11. The van der Waals surface area contributed by atoms with Crippen LogP contribution in [0.2, 0.25) is 0 Å². The molecule has 1 aliphatic heterocycles. The zero-order chi connectivity index (χ0) is 12.4. The third-order valence-corrected chi connectivity index (χ3v) is 3.71.